The Hall–Kier alpha value is -2.05. The number of carbonyl (C=O) groups is 1. The van der Waals surface area contributed by atoms with Gasteiger partial charge in [-0.1, -0.05) is 12.1 Å². The molecule has 2 aromatic carbocycles. The summed E-state index contributed by atoms with van der Waals surface area (Å²) in [6, 6.07) is 9.29. The van der Waals surface area contributed by atoms with Gasteiger partial charge in [-0.2, -0.15) is 4.31 Å². The standard InChI is InChI=1S/C19H20FNO3S/c1-13-11-18(20)5-6-19(13)25(23,24)21-9-7-15-3-4-16(14(2)22)12-17(15)8-10-21/h3-6,11-12H,7-10H2,1-2H3. The molecule has 25 heavy (non-hydrogen) atoms. The molecule has 1 aliphatic heterocycles. The maximum absolute atomic E-state index is 13.3. The molecule has 1 heterocycles. The second kappa shape index (κ2) is 6.69. The van der Waals surface area contributed by atoms with Crippen molar-refractivity contribution in [2.45, 2.75) is 31.6 Å². The van der Waals surface area contributed by atoms with E-state index in [0.29, 0.717) is 37.1 Å². The van der Waals surface area contributed by atoms with E-state index in [1.54, 1.807) is 13.0 Å². The van der Waals surface area contributed by atoms with Crippen molar-refractivity contribution in [1.82, 2.24) is 4.31 Å². The van der Waals surface area contributed by atoms with E-state index in [9.17, 15) is 17.6 Å². The lowest BCUT2D eigenvalue weighted by Crippen LogP contribution is -2.33. The third kappa shape index (κ3) is 3.50. The summed E-state index contributed by atoms with van der Waals surface area (Å²) in [6.07, 6.45) is 1.14. The highest BCUT2D eigenvalue weighted by atomic mass is 32.2. The molecule has 0 aliphatic carbocycles. The summed E-state index contributed by atoms with van der Waals surface area (Å²) >= 11 is 0. The third-order valence-electron chi connectivity index (χ3n) is 4.63. The van der Waals surface area contributed by atoms with E-state index in [-0.39, 0.29) is 10.7 Å². The Kier molecular flexibility index (Phi) is 4.75. The first-order valence-electron chi connectivity index (χ1n) is 8.18. The summed E-state index contributed by atoms with van der Waals surface area (Å²) in [5.41, 5.74) is 3.13. The Morgan fingerprint density at radius 3 is 2.36 bits per heavy atom. The van der Waals surface area contributed by atoms with Gasteiger partial charge in [0.1, 0.15) is 5.82 Å². The molecule has 0 saturated heterocycles. The van der Waals surface area contributed by atoms with Crippen LogP contribution in [0.5, 0.6) is 0 Å². The number of sulfonamides is 1. The third-order valence-corrected chi connectivity index (χ3v) is 6.69. The van der Waals surface area contributed by atoms with Crippen LogP contribution >= 0.6 is 0 Å². The first-order valence-corrected chi connectivity index (χ1v) is 9.62. The van der Waals surface area contributed by atoms with E-state index < -0.39 is 15.8 Å². The Balaban J connectivity index is 1.89. The van der Waals surface area contributed by atoms with Crippen LogP contribution in [0.2, 0.25) is 0 Å². The van der Waals surface area contributed by atoms with E-state index in [0.717, 1.165) is 11.1 Å². The molecular formula is C19H20FNO3S. The summed E-state index contributed by atoms with van der Waals surface area (Å²) in [5, 5.41) is 0. The highest BCUT2D eigenvalue weighted by Gasteiger charge is 2.28. The lowest BCUT2D eigenvalue weighted by molar-refractivity contribution is 0.101. The smallest absolute Gasteiger partial charge is 0.243 e. The zero-order chi connectivity index (χ0) is 18.2. The fraction of sp³-hybridized carbons (Fsp3) is 0.316. The minimum Gasteiger partial charge on any atom is -0.295 e. The number of rotatable bonds is 3. The van der Waals surface area contributed by atoms with Crippen LogP contribution in [0.15, 0.2) is 41.3 Å². The molecular weight excluding hydrogens is 341 g/mol. The van der Waals surface area contributed by atoms with Crippen molar-refractivity contribution >= 4 is 15.8 Å². The maximum Gasteiger partial charge on any atom is 0.243 e. The number of benzene rings is 2. The molecule has 0 amide bonds. The molecule has 0 atom stereocenters. The molecule has 132 valence electrons. The van der Waals surface area contributed by atoms with Crippen LogP contribution in [-0.4, -0.2) is 31.6 Å². The van der Waals surface area contributed by atoms with Crippen LogP contribution in [0.4, 0.5) is 4.39 Å². The van der Waals surface area contributed by atoms with E-state index >= 15 is 0 Å². The first kappa shape index (κ1) is 17.8. The molecule has 2 aromatic rings. The zero-order valence-electron chi connectivity index (χ0n) is 14.3. The van der Waals surface area contributed by atoms with E-state index in [4.69, 9.17) is 0 Å². The van der Waals surface area contributed by atoms with Crippen LogP contribution in [0, 0.1) is 12.7 Å². The summed E-state index contributed by atoms with van der Waals surface area (Å²) in [7, 11) is -3.68. The minimum absolute atomic E-state index is 0.00142. The summed E-state index contributed by atoms with van der Waals surface area (Å²) in [4.78, 5) is 11.7. The van der Waals surface area contributed by atoms with Gasteiger partial charge in [0.2, 0.25) is 10.0 Å². The zero-order valence-corrected chi connectivity index (χ0v) is 15.1. The summed E-state index contributed by atoms with van der Waals surface area (Å²) in [5.74, 6) is -0.449. The maximum atomic E-state index is 13.3. The fourth-order valence-electron chi connectivity index (χ4n) is 3.21. The number of hydrogen-bond acceptors (Lipinski definition) is 3. The van der Waals surface area contributed by atoms with Crippen LogP contribution in [0.1, 0.15) is 34.0 Å². The average Bonchev–Trinajstić information content (AvgIpc) is 2.76. The van der Waals surface area contributed by atoms with Crippen LogP contribution in [0.3, 0.4) is 0 Å². The summed E-state index contributed by atoms with van der Waals surface area (Å²) in [6.45, 7) is 3.83. The number of Topliss-reactive ketones (excluding diaryl/α,β-unsaturated/α-hetero) is 1. The highest BCUT2D eigenvalue weighted by Crippen LogP contribution is 2.25. The van der Waals surface area contributed by atoms with Gasteiger partial charge >= 0.3 is 0 Å². The first-order chi connectivity index (χ1) is 11.8. The molecule has 0 unspecified atom stereocenters. The van der Waals surface area contributed by atoms with Gasteiger partial charge in [0.25, 0.3) is 0 Å². The van der Waals surface area contributed by atoms with Gasteiger partial charge in [-0.3, -0.25) is 4.79 Å². The van der Waals surface area contributed by atoms with Crippen molar-refractivity contribution in [3.8, 4) is 0 Å². The van der Waals surface area contributed by atoms with Crippen molar-refractivity contribution < 1.29 is 17.6 Å². The molecule has 4 nitrogen and oxygen atoms in total. The Labute approximate surface area is 147 Å². The molecule has 6 heteroatoms. The van der Waals surface area contributed by atoms with Crippen LogP contribution in [-0.2, 0) is 22.9 Å². The highest BCUT2D eigenvalue weighted by molar-refractivity contribution is 7.89. The van der Waals surface area contributed by atoms with E-state index in [2.05, 4.69) is 0 Å². The topological polar surface area (TPSA) is 54.5 Å². The van der Waals surface area contributed by atoms with E-state index in [1.807, 2.05) is 12.1 Å². The molecule has 0 spiro atoms. The van der Waals surface area contributed by atoms with Crippen molar-refractivity contribution in [1.29, 1.82) is 0 Å². The molecule has 0 N–H and O–H groups in total. The van der Waals surface area contributed by atoms with Gasteiger partial charge in [-0.05, 0) is 67.6 Å². The molecule has 0 bridgehead atoms. The second-order valence-electron chi connectivity index (χ2n) is 6.35. The number of hydrogen-bond donors (Lipinski definition) is 0. The molecule has 0 saturated carbocycles. The number of carbonyl (C=O) groups excluding carboxylic acids is 1. The Bertz CT molecular complexity index is 938. The molecule has 0 fully saturated rings. The monoisotopic (exact) mass is 361 g/mol. The Morgan fingerprint density at radius 2 is 1.72 bits per heavy atom. The normalized spacial score (nSPS) is 15.5. The van der Waals surface area contributed by atoms with Gasteiger partial charge in [0, 0.05) is 18.7 Å². The van der Waals surface area contributed by atoms with Gasteiger partial charge in [0.15, 0.2) is 5.78 Å². The van der Waals surface area contributed by atoms with Crippen molar-refractivity contribution in [2.24, 2.45) is 0 Å². The molecule has 3 rings (SSSR count). The quantitative estimate of drug-likeness (QED) is 0.790. The molecule has 1 aliphatic rings. The van der Waals surface area contributed by atoms with Gasteiger partial charge < -0.3 is 0 Å². The van der Waals surface area contributed by atoms with E-state index in [1.165, 1.54) is 29.4 Å². The lowest BCUT2D eigenvalue weighted by Gasteiger charge is -2.21. The second-order valence-corrected chi connectivity index (χ2v) is 8.26. The number of fused-ring (bicyclic) bond motifs is 1. The largest absolute Gasteiger partial charge is 0.295 e. The van der Waals surface area contributed by atoms with Crippen LogP contribution < -0.4 is 0 Å². The fourth-order valence-corrected chi connectivity index (χ4v) is 4.85. The SMILES string of the molecule is CC(=O)c1ccc2c(c1)CCN(S(=O)(=O)c1ccc(F)cc1C)CC2. The number of ketones is 1. The number of nitrogens with zero attached hydrogens (tertiary/aromatic N) is 1. The van der Waals surface area contributed by atoms with Gasteiger partial charge in [0.05, 0.1) is 4.90 Å². The number of halogens is 1. The average molecular weight is 361 g/mol. The van der Waals surface area contributed by atoms with Gasteiger partial charge in [-0.25, -0.2) is 12.8 Å². The predicted molar refractivity (Wildman–Crippen MR) is 93.8 cm³/mol. The van der Waals surface area contributed by atoms with Crippen molar-refractivity contribution in [2.75, 3.05) is 13.1 Å². The Morgan fingerprint density at radius 1 is 1.04 bits per heavy atom. The van der Waals surface area contributed by atoms with Crippen molar-refractivity contribution in [3.63, 3.8) is 0 Å². The van der Waals surface area contributed by atoms with Gasteiger partial charge in [-0.15, -0.1) is 0 Å². The van der Waals surface area contributed by atoms with Crippen LogP contribution in [0.25, 0.3) is 0 Å². The molecule has 0 aromatic heterocycles. The lowest BCUT2D eigenvalue weighted by atomic mass is 9.99. The van der Waals surface area contributed by atoms with Crippen molar-refractivity contribution in [3.05, 3.63) is 64.5 Å². The minimum atomic E-state index is -3.68. The predicted octanol–water partition coefficient (Wildman–Crippen LogP) is 3.13. The summed E-state index contributed by atoms with van der Waals surface area (Å²) < 4.78 is 40.6. The molecule has 0 radical (unpaired) electrons. The number of aryl methyl sites for hydroxylation is 1.